The largest absolute Gasteiger partial charge is 0.357 e. The second-order valence-corrected chi connectivity index (χ2v) is 11.4. The summed E-state index contributed by atoms with van der Waals surface area (Å²) in [5, 5.41) is 12.5. The summed E-state index contributed by atoms with van der Waals surface area (Å²) in [6, 6.07) is 16.6. The van der Waals surface area contributed by atoms with E-state index in [4.69, 9.17) is 9.54 Å². The number of nitrogens with zero attached hydrogens (tertiary/aromatic N) is 1. The van der Waals surface area contributed by atoms with Gasteiger partial charge in [-0.25, -0.2) is 4.98 Å². The molecule has 0 aliphatic carbocycles. The lowest BCUT2D eigenvalue weighted by Gasteiger charge is -2.23. The molecule has 0 saturated heterocycles. The van der Waals surface area contributed by atoms with E-state index in [1.807, 2.05) is 57.3 Å². The summed E-state index contributed by atoms with van der Waals surface area (Å²) >= 11 is 3.04. The molecule has 0 spiro atoms. The van der Waals surface area contributed by atoms with Crippen molar-refractivity contribution in [3.8, 4) is 10.6 Å². The van der Waals surface area contributed by atoms with Crippen LogP contribution in [-0.2, 0) is 32.7 Å². The van der Waals surface area contributed by atoms with Crippen LogP contribution in [-0.4, -0.2) is 35.8 Å². The second kappa shape index (κ2) is 12.3. The first-order valence-electron chi connectivity index (χ1n) is 11.6. The normalized spacial score (nSPS) is 12.9. The fraction of sp³-hybridized carbons (Fsp3) is 0.192. The van der Waals surface area contributed by atoms with Gasteiger partial charge >= 0.3 is 10.3 Å². The molecule has 0 fully saturated rings. The molecule has 4 N–H and O–H groups in total. The standard InChI is InChI=1S/C26H26N4O5S3/c1-17(31)27-23(14-18-5-3-2-4-6-18)25(32)28-22(24-16-37-26(29-24)20-11-12-36-15-20)13-19-7-9-21(10-8-19)30-38(33,34)35/h2-12,15-16,22-23,30H,13-14H2,1H3,(H,27,31)(H,28,32)(H,33,34,35)/t22-,23-/m0/s1. The first kappa shape index (κ1) is 27.5. The van der Waals surface area contributed by atoms with Gasteiger partial charge in [-0.1, -0.05) is 42.5 Å². The molecule has 12 heteroatoms. The Morgan fingerprint density at radius 3 is 2.29 bits per heavy atom. The molecule has 2 heterocycles. The fourth-order valence-electron chi connectivity index (χ4n) is 3.86. The van der Waals surface area contributed by atoms with E-state index in [1.54, 1.807) is 23.5 Å². The fourth-order valence-corrected chi connectivity index (χ4v) is 5.88. The van der Waals surface area contributed by atoms with E-state index >= 15 is 0 Å². The third kappa shape index (κ3) is 7.96. The van der Waals surface area contributed by atoms with Crippen LogP contribution in [0.5, 0.6) is 0 Å². The van der Waals surface area contributed by atoms with Gasteiger partial charge in [0.25, 0.3) is 0 Å². The average molecular weight is 571 g/mol. The van der Waals surface area contributed by atoms with Crippen LogP contribution in [0.2, 0.25) is 0 Å². The smallest absolute Gasteiger partial charge is 0.346 e. The van der Waals surface area contributed by atoms with Crippen molar-refractivity contribution in [2.24, 2.45) is 0 Å². The minimum absolute atomic E-state index is 0.207. The highest BCUT2D eigenvalue weighted by Gasteiger charge is 2.25. The van der Waals surface area contributed by atoms with Crippen molar-refractivity contribution in [3.63, 3.8) is 0 Å². The Bertz CT molecular complexity index is 1470. The summed E-state index contributed by atoms with van der Waals surface area (Å²) in [6.07, 6.45) is 0.690. The summed E-state index contributed by atoms with van der Waals surface area (Å²) in [6.45, 7) is 1.37. The van der Waals surface area contributed by atoms with Crippen molar-refractivity contribution in [1.29, 1.82) is 0 Å². The Morgan fingerprint density at radius 2 is 1.66 bits per heavy atom. The second-order valence-electron chi connectivity index (χ2n) is 8.57. The molecule has 0 aliphatic rings. The van der Waals surface area contributed by atoms with Crippen LogP contribution in [0.25, 0.3) is 10.6 Å². The molecule has 0 saturated carbocycles. The first-order valence-corrected chi connectivity index (χ1v) is 14.9. The van der Waals surface area contributed by atoms with E-state index in [0.29, 0.717) is 18.5 Å². The maximum Gasteiger partial charge on any atom is 0.357 e. The van der Waals surface area contributed by atoms with Crippen LogP contribution in [0.15, 0.2) is 76.8 Å². The van der Waals surface area contributed by atoms with Crippen molar-refractivity contribution in [1.82, 2.24) is 15.6 Å². The Kier molecular flexibility index (Phi) is 8.89. The van der Waals surface area contributed by atoms with Gasteiger partial charge in [-0.2, -0.15) is 19.8 Å². The van der Waals surface area contributed by atoms with Gasteiger partial charge in [-0.3, -0.25) is 18.9 Å². The van der Waals surface area contributed by atoms with E-state index in [0.717, 1.165) is 21.7 Å². The molecule has 2 amide bonds. The third-order valence-electron chi connectivity index (χ3n) is 5.58. The minimum atomic E-state index is -4.39. The molecule has 9 nitrogen and oxygen atoms in total. The predicted octanol–water partition coefficient (Wildman–Crippen LogP) is 4.23. The summed E-state index contributed by atoms with van der Waals surface area (Å²) in [5.41, 5.74) is 3.59. The van der Waals surface area contributed by atoms with Crippen LogP contribution >= 0.6 is 22.7 Å². The lowest BCUT2D eigenvalue weighted by molar-refractivity contribution is -0.128. The zero-order chi connectivity index (χ0) is 27.1. The summed E-state index contributed by atoms with van der Waals surface area (Å²) in [5.74, 6) is -0.656. The quantitative estimate of drug-likeness (QED) is 0.199. The molecule has 0 unspecified atom stereocenters. The van der Waals surface area contributed by atoms with Crippen LogP contribution in [0.4, 0.5) is 5.69 Å². The maximum absolute atomic E-state index is 13.5. The van der Waals surface area contributed by atoms with Crippen LogP contribution < -0.4 is 15.4 Å². The highest BCUT2D eigenvalue weighted by molar-refractivity contribution is 7.87. The maximum atomic E-state index is 13.5. The number of hydrogen-bond acceptors (Lipinski definition) is 7. The summed E-state index contributed by atoms with van der Waals surface area (Å²) < 4.78 is 33.2. The van der Waals surface area contributed by atoms with Gasteiger partial charge in [0.15, 0.2) is 0 Å². The van der Waals surface area contributed by atoms with E-state index in [-0.39, 0.29) is 17.5 Å². The van der Waals surface area contributed by atoms with Crippen molar-refractivity contribution >= 4 is 50.5 Å². The lowest BCUT2D eigenvalue weighted by atomic mass is 10.0. The first-order chi connectivity index (χ1) is 18.2. The van der Waals surface area contributed by atoms with Gasteiger partial charge in [-0.05, 0) is 41.1 Å². The van der Waals surface area contributed by atoms with E-state index in [9.17, 15) is 18.0 Å². The van der Waals surface area contributed by atoms with Gasteiger partial charge in [0.05, 0.1) is 17.4 Å². The zero-order valence-electron chi connectivity index (χ0n) is 20.3. The summed E-state index contributed by atoms with van der Waals surface area (Å²) in [4.78, 5) is 30.1. The van der Waals surface area contributed by atoms with Gasteiger partial charge in [0, 0.05) is 29.7 Å². The third-order valence-corrected chi connectivity index (χ3v) is 7.67. The summed E-state index contributed by atoms with van der Waals surface area (Å²) in [7, 11) is -4.39. The van der Waals surface area contributed by atoms with Crippen molar-refractivity contribution in [2.75, 3.05) is 4.72 Å². The molecule has 4 rings (SSSR count). The minimum Gasteiger partial charge on any atom is -0.346 e. The van der Waals surface area contributed by atoms with E-state index in [1.165, 1.54) is 30.4 Å². The number of thiophene rings is 1. The van der Waals surface area contributed by atoms with Gasteiger partial charge in [0.1, 0.15) is 11.0 Å². The van der Waals surface area contributed by atoms with Gasteiger partial charge in [0.2, 0.25) is 11.8 Å². The highest BCUT2D eigenvalue weighted by atomic mass is 32.2. The highest BCUT2D eigenvalue weighted by Crippen LogP contribution is 2.29. The van der Waals surface area contributed by atoms with Crippen molar-refractivity contribution in [2.45, 2.75) is 31.8 Å². The number of anilines is 1. The SMILES string of the molecule is CC(=O)N[C@@H](Cc1ccccc1)C(=O)N[C@@H](Cc1ccc(NS(=O)(=O)O)cc1)c1csc(-c2ccsc2)n1. The predicted molar refractivity (Wildman–Crippen MR) is 149 cm³/mol. The molecule has 2 atom stereocenters. The molecular weight excluding hydrogens is 545 g/mol. The molecule has 0 radical (unpaired) electrons. The molecule has 198 valence electrons. The van der Waals surface area contributed by atoms with Crippen LogP contribution in [0, 0.1) is 0 Å². The molecule has 4 aromatic rings. The number of benzene rings is 2. The van der Waals surface area contributed by atoms with Crippen LogP contribution in [0.1, 0.15) is 29.8 Å². The molecule has 2 aromatic carbocycles. The van der Waals surface area contributed by atoms with Crippen molar-refractivity contribution in [3.05, 3.63) is 93.6 Å². The zero-order valence-corrected chi connectivity index (χ0v) is 22.8. The van der Waals surface area contributed by atoms with Crippen LogP contribution in [0.3, 0.4) is 0 Å². The molecule has 38 heavy (non-hydrogen) atoms. The number of carbonyl (C=O) groups is 2. The van der Waals surface area contributed by atoms with Gasteiger partial charge in [-0.15, -0.1) is 11.3 Å². The number of carbonyl (C=O) groups excluding carboxylic acids is 2. The Labute approximate surface area is 228 Å². The molecule has 0 aliphatic heterocycles. The Balaban J connectivity index is 1.58. The number of rotatable bonds is 11. The van der Waals surface area contributed by atoms with Crippen molar-refractivity contribution < 1.29 is 22.6 Å². The number of amides is 2. The molecule has 2 aromatic heterocycles. The molecular formula is C26H26N4O5S3. The lowest BCUT2D eigenvalue weighted by Crippen LogP contribution is -2.48. The van der Waals surface area contributed by atoms with E-state index in [2.05, 4.69) is 10.6 Å². The van der Waals surface area contributed by atoms with E-state index < -0.39 is 22.4 Å². The Morgan fingerprint density at radius 1 is 0.947 bits per heavy atom. The topological polar surface area (TPSA) is 137 Å². The van der Waals surface area contributed by atoms with Gasteiger partial charge < -0.3 is 10.6 Å². The number of nitrogens with one attached hydrogen (secondary N) is 3. The average Bonchev–Trinajstić information content (AvgIpc) is 3.56. The number of thiazole rings is 1. The monoisotopic (exact) mass is 570 g/mol. The number of aromatic nitrogens is 1. The molecule has 0 bridgehead atoms. The Hall–Kier alpha value is -3.58. The number of hydrogen-bond donors (Lipinski definition) is 4.